The van der Waals surface area contributed by atoms with Gasteiger partial charge in [0.25, 0.3) is 5.91 Å². The lowest BCUT2D eigenvalue weighted by Gasteiger charge is -2.15. The standard InChI is InChI=1S/C18H21N3O3S2/c1-18(2)16(22)21(17(23)20-18)8-9-25-10-13-11-26-15(19-13)12-4-6-14(24-3)7-5-12/h4-7,11H,8-10H2,1-3H3,(H,20,23). The maximum Gasteiger partial charge on any atom is 0.325 e. The van der Waals surface area contributed by atoms with Gasteiger partial charge in [-0.2, -0.15) is 11.8 Å². The molecule has 3 rings (SSSR count). The maximum absolute atomic E-state index is 12.1. The molecular weight excluding hydrogens is 370 g/mol. The summed E-state index contributed by atoms with van der Waals surface area (Å²) in [6, 6.07) is 7.52. The molecule has 1 aliphatic heterocycles. The molecular formula is C18H21N3O3S2. The van der Waals surface area contributed by atoms with Crippen LogP contribution in [-0.4, -0.2) is 46.8 Å². The lowest BCUT2D eigenvalue weighted by Crippen LogP contribution is -2.40. The Hall–Kier alpha value is -2.06. The summed E-state index contributed by atoms with van der Waals surface area (Å²) >= 11 is 3.27. The number of urea groups is 1. The highest BCUT2D eigenvalue weighted by molar-refractivity contribution is 7.98. The number of thiazole rings is 1. The summed E-state index contributed by atoms with van der Waals surface area (Å²) in [5.74, 6) is 2.09. The molecule has 0 spiro atoms. The zero-order valence-electron chi connectivity index (χ0n) is 14.9. The van der Waals surface area contributed by atoms with E-state index in [1.165, 1.54) is 4.90 Å². The van der Waals surface area contributed by atoms with Gasteiger partial charge in [-0.3, -0.25) is 9.69 Å². The van der Waals surface area contributed by atoms with E-state index in [9.17, 15) is 9.59 Å². The van der Waals surface area contributed by atoms with Crippen molar-refractivity contribution in [2.24, 2.45) is 0 Å². The van der Waals surface area contributed by atoms with Gasteiger partial charge in [-0.05, 0) is 38.1 Å². The van der Waals surface area contributed by atoms with Gasteiger partial charge in [0, 0.05) is 29.0 Å². The molecule has 0 atom stereocenters. The van der Waals surface area contributed by atoms with Gasteiger partial charge in [0.2, 0.25) is 0 Å². The summed E-state index contributed by atoms with van der Waals surface area (Å²) in [6.07, 6.45) is 0. The van der Waals surface area contributed by atoms with E-state index in [1.807, 2.05) is 29.6 Å². The van der Waals surface area contributed by atoms with Crippen molar-refractivity contribution >= 4 is 35.0 Å². The number of thioether (sulfide) groups is 1. The number of benzene rings is 1. The molecule has 26 heavy (non-hydrogen) atoms. The number of carbonyl (C=O) groups is 2. The van der Waals surface area contributed by atoms with Crippen LogP contribution in [0, 0.1) is 0 Å². The molecule has 1 aliphatic rings. The fourth-order valence-corrected chi connectivity index (χ4v) is 4.34. The molecule has 1 aromatic carbocycles. The SMILES string of the molecule is COc1ccc(-c2nc(CSCCN3C(=O)NC(C)(C)C3=O)cs2)cc1. The molecule has 0 unspecified atom stereocenters. The van der Waals surface area contributed by atoms with Crippen molar-refractivity contribution < 1.29 is 14.3 Å². The lowest BCUT2D eigenvalue weighted by molar-refractivity contribution is -0.130. The molecule has 0 bridgehead atoms. The number of carbonyl (C=O) groups excluding carboxylic acids is 2. The summed E-state index contributed by atoms with van der Waals surface area (Å²) < 4.78 is 5.17. The van der Waals surface area contributed by atoms with Crippen LogP contribution < -0.4 is 10.1 Å². The molecule has 2 heterocycles. The van der Waals surface area contributed by atoms with Crippen LogP contribution in [0.1, 0.15) is 19.5 Å². The first-order valence-electron chi connectivity index (χ1n) is 8.21. The number of rotatable bonds is 7. The van der Waals surface area contributed by atoms with Crippen molar-refractivity contribution in [2.75, 3.05) is 19.4 Å². The molecule has 3 amide bonds. The number of nitrogens with one attached hydrogen (secondary N) is 1. The first-order valence-corrected chi connectivity index (χ1v) is 10.2. The van der Waals surface area contributed by atoms with Crippen molar-refractivity contribution in [3.63, 3.8) is 0 Å². The van der Waals surface area contributed by atoms with E-state index in [-0.39, 0.29) is 11.9 Å². The lowest BCUT2D eigenvalue weighted by atomic mass is 10.1. The second-order valence-electron chi connectivity index (χ2n) is 6.44. The molecule has 8 heteroatoms. The maximum atomic E-state index is 12.1. The largest absolute Gasteiger partial charge is 0.497 e. The minimum absolute atomic E-state index is 0.168. The van der Waals surface area contributed by atoms with Crippen LogP contribution in [-0.2, 0) is 10.5 Å². The van der Waals surface area contributed by atoms with Crippen LogP contribution in [0.3, 0.4) is 0 Å². The molecule has 0 radical (unpaired) electrons. The van der Waals surface area contributed by atoms with Gasteiger partial charge in [0.15, 0.2) is 0 Å². The Morgan fingerprint density at radius 2 is 2.00 bits per heavy atom. The van der Waals surface area contributed by atoms with E-state index in [0.29, 0.717) is 12.3 Å². The Balaban J connectivity index is 1.49. The highest BCUT2D eigenvalue weighted by atomic mass is 32.2. The number of hydrogen-bond donors (Lipinski definition) is 1. The van der Waals surface area contributed by atoms with E-state index >= 15 is 0 Å². The van der Waals surface area contributed by atoms with E-state index in [4.69, 9.17) is 4.74 Å². The van der Waals surface area contributed by atoms with Gasteiger partial charge < -0.3 is 10.1 Å². The first kappa shape index (κ1) is 18.7. The van der Waals surface area contributed by atoms with E-state index < -0.39 is 5.54 Å². The Labute approximate surface area is 160 Å². The molecule has 2 aromatic rings. The fraction of sp³-hybridized carbons (Fsp3) is 0.389. The monoisotopic (exact) mass is 391 g/mol. The third-order valence-corrected chi connectivity index (χ3v) is 5.95. The minimum Gasteiger partial charge on any atom is -0.497 e. The molecule has 1 N–H and O–H groups in total. The number of hydrogen-bond acceptors (Lipinski definition) is 6. The number of methoxy groups -OCH3 is 1. The quantitative estimate of drug-likeness (QED) is 0.579. The van der Waals surface area contributed by atoms with Crippen LogP contribution in [0.4, 0.5) is 4.79 Å². The second kappa shape index (κ2) is 7.67. The highest BCUT2D eigenvalue weighted by Gasteiger charge is 2.43. The zero-order chi connectivity index (χ0) is 18.7. The Bertz CT molecular complexity index is 802. The third-order valence-electron chi connectivity index (χ3n) is 4.04. The summed E-state index contributed by atoms with van der Waals surface area (Å²) in [5, 5.41) is 5.71. The van der Waals surface area contributed by atoms with Crippen molar-refractivity contribution in [3.05, 3.63) is 35.3 Å². The van der Waals surface area contributed by atoms with Crippen molar-refractivity contribution in [1.29, 1.82) is 0 Å². The van der Waals surface area contributed by atoms with Gasteiger partial charge in [0.05, 0.1) is 12.8 Å². The van der Waals surface area contributed by atoms with Crippen LogP contribution >= 0.6 is 23.1 Å². The molecule has 138 valence electrons. The molecule has 1 fully saturated rings. The van der Waals surface area contributed by atoms with Crippen LogP contribution in [0.25, 0.3) is 10.6 Å². The topological polar surface area (TPSA) is 71.5 Å². The normalized spacial score (nSPS) is 16.0. The molecule has 1 saturated heterocycles. The van der Waals surface area contributed by atoms with E-state index in [2.05, 4.69) is 10.3 Å². The average molecular weight is 392 g/mol. The zero-order valence-corrected chi connectivity index (χ0v) is 16.6. The van der Waals surface area contributed by atoms with Crippen molar-refractivity contribution in [2.45, 2.75) is 25.1 Å². The van der Waals surface area contributed by atoms with Gasteiger partial charge in [-0.25, -0.2) is 9.78 Å². The predicted molar refractivity (Wildman–Crippen MR) is 105 cm³/mol. The van der Waals surface area contributed by atoms with Crippen LogP contribution in [0.2, 0.25) is 0 Å². The first-order chi connectivity index (χ1) is 12.4. The number of nitrogens with zero attached hydrogens (tertiary/aromatic N) is 2. The highest BCUT2D eigenvalue weighted by Crippen LogP contribution is 2.27. The molecule has 1 aromatic heterocycles. The van der Waals surface area contributed by atoms with Crippen LogP contribution in [0.5, 0.6) is 5.75 Å². The fourth-order valence-electron chi connectivity index (χ4n) is 2.59. The number of amides is 3. The van der Waals surface area contributed by atoms with Crippen molar-refractivity contribution in [1.82, 2.24) is 15.2 Å². The minimum atomic E-state index is -0.802. The van der Waals surface area contributed by atoms with Gasteiger partial charge >= 0.3 is 6.03 Å². The summed E-state index contributed by atoms with van der Waals surface area (Å²) in [4.78, 5) is 29.9. The van der Waals surface area contributed by atoms with Gasteiger partial charge in [-0.15, -0.1) is 11.3 Å². The number of ether oxygens (including phenoxy) is 1. The third kappa shape index (κ3) is 4.02. The van der Waals surface area contributed by atoms with Gasteiger partial charge in [0.1, 0.15) is 16.3 Å². The average Bonchev–Trinajstić information content (AvgIpc) is 3.16. The summed E-state index contributed by atoms with van der Waals surface area (Å²) in [7, 11) is 1.65. The summed E-state index contributed by atoms with van der Waals surface area (Å²) in [5.41, 5.74) is 1.26. The number of imide groups is 1. The molecule has 0 aliphatic carbocycles. The van der Waals surface area contributed by atoms with E-state index in [0.717, 1.165) is 27.8 Å². The summed E-state index contributed by atoms with van der Waals surface area (Å²) in [6.45, 7) is 3.85. The predicted octanol–water partition coefficient (Wildman–Crippen LogP) is 3.38. The second-order valence-corrected chi connectivity index (χ2v) is 8.40. The Morgan fingerprint density at radius 3 is 2.62 bits per heavy atom. The smallest absolute Gasteiger partial charge is 0.325 e. The van der Waals surface area contributed by atoms with Crippen molar-refractivity contribution in [3.8, 4) is 16.3 Å². The molecule has 6 nitrogen and oxygen atoms in total. The van der Waals surface area contributed by atoms with Gasteiger partial charge in [-0.1, -0.05) is 0 Å². The Morgan fingerprint density at radius 1 is 1.27 bits per heavy atom. The Kier molecular flexibility index (Phi) is 5.52. The van der Waals surface area contributed by atoms with E-state index in [1.54, 1.807) is 44.1 Å². The number of aromatic nitrogens is 1. The van der Waals surface area contributed by atoms with Crippen LogP contribution in [0.15, 0.2) is 29.6 Å². The molecule has 0 saturated carbocycles.